The average Bonchev–Trinajstić information content (AvgIpc) is 3.15. The number of rotatable bonds is 5. The number of carbonyl (C=O) groups excluding carboxylic acids is 1. The van der Waals surface area contributed by atoms with Crippen LogP contribution in [0.1, 0.15) is 26.5 Å². The van der Waals surface area contributed by atoms with Crippen LogP contribution >= 0.6 is 0 Å². The van der Waals surface area contributed by atoms with Crippen molar-refractivity contribution in [2.75, 3.05) is 19.5 Å². The Hall–Kier alpha value is -2.46. The fraction of sp³-hybridized carbons (Fsp3) is 0.600. The van der Waals surface area contributed by atoms with Crippen molar-refractivity contribution in [1.29, 1.82) is 0 Å². The largest absolute Gasteiger partial charge is 0.457 e. The number of hydrogen-bond acceptors (Lipinski definition) is 8. The van der Waals surface area contributed by atoms with E-state index < -0.39 is 24.4 Å². The van der Waals surface area contributed by atoms with Gasteiger partial charge >= 0.3 is 5.97 Å². The first-order chi connectivity index (χ1) is 12.0. The van der Waals surface area contributed by atoms with Crippen LogP contribution < -0.4 is 10.9 Å². The lowest BCUT2D eigenvalue weighted by molar-refractivity contribution is -0.153. The number of anilines is 1. The lowest BCUT2D eigenvalue weighted by Crippen LogP contribution is -2.37. The smallest absolute Gasteiger partial charge is 0.303 e. The molecule has 3 rings (SSSR count). The molecule has 25 heavy (non-hydrogen) atoms. The van der Waals surface area contributed by atoms with Crippen molar-refractivity contribution in [2.24, 2.45) is 0 Å². The number of imidazole rings is 1. The molecule has 10 nitrogen and oxygen atoms in total. The Labute approximate surface area is 143 Å². The fourth-order valence-corrected chi connectivity index (χ4v) is 3.08. The van der Waals surface area contributed by atoms with E-state index in [4.69, 9.17) is 14.2 Å². The van der Waals surface area contributed by atoms with Crippen LogP contribution in [0.5, 0.6) is 0 Å². The SMILES string of the molecule is CC[C@H]1O[C@@H](n2cnc3c(=O)[nH]c(NC)nc32)[C@@H](OC)C1OC(C)=O. The molecule has 0 aromatic carbocycles. The first kappa shape index (κ1) is 17.4. The zero-order valence-electron chi connectivity index (χ0n) is 14.5. The lowest BCUT2D eigenvalue weighted by atomic mass is 10.1. The zero-order chi connectivity index (χ0) is 18.1. The number of fused-ring (bicyclic) bond motifs is 1. The summed E-state index contributed by atoms with van der Waals surface area (Å²) in [5.41, 5.74) is 0.198. The van der Waals surface area contributed by atoms with Crippen LogP contribution in [0, 0.1) is 0 Å². The van der Waals surface area contributed by atoms with Gasteiger partial charge in [0.1, 0.15) is 6.10 Å². The first-order valence-corrected chi connectivity index (χ1v) is 8.00. The Morgan fingerprint density at radius 2 is 2.24 bits per heavy atom. The maximum Gasteiger partial charge on any atom is 0.303 e. The Kier molecular flexibility index (Phi) is 4.73. The van der Waals surface area contributed by atoms with Gasteiger partial charge in [-0.2, -0.15) is 4.98 Å². The molecule has 1 unspecified atom stereocenters. The number of aromatic nitrogens is 4. The summed E-state index contributed by atoms with van der Waals surface area (Å²) in [6.07, 6.45) is 0.0549. The lowest BCUT2D eigenvalue weighted by Gasteiger charge is -2.22. The predicted octanol–water partition coefficient (Wildman–Crippen LogP) is 0.415. The molecule has 1 aliphatic rings. The van der Waals surface area contributed by atoms with Crippen LogP contribution in [0.3, 0.4) is 0 Å². The summed E-state index contributed by atoms with van der Waals surface area (Å²) in [6, 6.07) is 0. The molecule has 3 heterocycles. The zero-order valence-corrected chi connectivity index (χ0v) is 14.5. The third kappa shape index (κ3) is 2.98. The first-order valence-electron chi connectivity index (χ1n) is 8.00. The van der Waals surface area contributed by atoms with Crippen LogP contribution in [0.4, 0.5) is 5.95 Å². The second kappa shape index (κ2) is 6.81. The summed E-state index contributed by atoms with van der Waals surface area (Å²) in [6.45, 7) is 3.28. The molecule has 1 fully saturated rings. The van der Waals surface area contributed by atoms with Gasteiger partial charge in [-0.1, -0.05) is 6.92 Å². The third-order valence-corrected chi connectivity index (χ3v) is 4.21. The van der Waals surface area contributed by atoms with Crippen LogP contribution in [-0.4, -0.2) is 58.0 Å². The second-order valence-electron chi connectivity index (χ2n) is 5.74. The molecule has 136 valence electrons. The highest BCUT2D eigenvalue weighted by molar-refractivity contribution is 5.71. The molecule has 2 N–H and O–H groups in total. The molecule has 0 radical (unpaired) electrons. The highest BCUT2D eigenvalue weighted by Gasteiger charge is 2.47. The summed E-state index contributed by atoms with van der Waals surface area (Å²) in [4.78, 5) is 34.6. The molecule has 0 spiro atoms. The Morgan fingerprint density at radius 1 is 1.48 bits per heavy atom. The Bertz CT molecular complexity index is 831. The number of hydrogen-bond donors (Lipinski definition) is 2. The van der Waals surface area contributed by atoms with Crippen LogP contribution in [0.15, 0.2) is 11.1 Å². The Morgan fingerprint density at radius 3 is 2.84 bits per heavy atom. The van der Waals surface area contributed by atoms with Gasteiger partial charge in [-0.3, -0.25) is 19.1 Å². The number of H-pyrrole nitrogens is 1. The molecular formula is C15H21N5O5. The van der Waals surface area contributed by atoms with Gasteiger partial charge in [-0.15, -0.1) is 0 Å². The van der Waals surface area contributed by atoms with Gasteiger partial charge in [-0.25, -0.2) is 4.98 Å². The maximum atomic E-state index is 12.1. The molecule has 2 aromatic rings. The normalized spacial score (nSPS) is 26.1. The van der Waals surface area contributed by atoms with E-state index in [1.54, 1.807) is 11.6 Å². The molecule has 2 aromatic heterocycles. The van der Waals surface area contributed by atoms with Crippen molar-refractivity contribution < 1.29 is 19.0 Å². The van der Waals surface area contributed by atoms with Crippen molar-refractivity contribution in [3.05, 3.63) is 16.7 Å². The summed E-state index contributed by atoms with van der Waals surface area (Å²) in [5.74, 6) is -0.0907. The highest BCUT2D eigenvalue weighted by atomic mass is 16.6. The molecule has 0 bridgehead atoms. The standard InChI is InChI=1S/C15H21N5O5/c1-5-8-10(24-7(2)21)11(23-4)14(25-8)20-6-17-9-12(20)18-15(16-3)19-13(9)22/h6,8,10-11,14H,5H2,1-4H3,(H2,16,18,19,22)/t8-,10?,11+,14-/m1/s1. The summed E-state index contributed by atoms with van der Waals surface area (Å²) >= 11 is 0. The van der Waals surface area contributed by atoms with E-state index in [1.165, 1.54) is 20.4 Å². The average molecular weight is 351 g/mol. The van der Waals surface area contributed by atoms with Gasteiger partial charge in [0, 0.05) is 21.1 Å². The molecule has 0 aliphatic carbocycles. The van der Waals surface area contributed by atoms with Gasteiger partial charge < -0.3 is 19.5 Å². The number of ether oxygens (including phenoxy) is 3. The molecular weight excluding hydrogens is 330 g/mol. The van der Waals surface area contributed by atoms with E-state index in [2.05, 4.69) is 20.3 Å². The monoisotopic (exact) mass is 351 g/mol. The minimum Gasteiger partial charge on any atom is -0.457 e. The molecule has 0 amide bonds. The number of methoxy groups -OCH3 is 1. The molecule has 10 heteroatoms. The van der Waals surface area contributed by atoms with Gasteiger partial charge in [0.2, 0.25) is 5.95 Å². The van der Waals surface area contributed by atoms with E-state index in [1.807, 2.05) is 6.92 Å². The van der Waals surface area contributed by atoms with Gasteiger partial charge in [-0.05, 0) is 6.42 Å². The van der Waals surface area contributed by atoms with E-state index in [0.717, 1.165) is 0 Å². The fourth-order valence-electron chi connectivity index (χ4n) is 3.08. The van der Waals surface area contributed by atoms with E-state index in [9.17, 15) is 9.59 Å². The van der Waals surface area contributed by atoms with E-state index in [0.29, 0.717) is 18.0 Å². The maximum absolute atomic E-state index is 12.1. The number of aromatic amines is 1. The van der Waals surface area contributed by atoms with Crippen molar-refractivity contribution >= 4 is 23.1 Å². The molecule has 0 saturated carbocycles. The van der Waals surface area contributed by atoms with Gasteiger partial charge in [0.15, 0.2) is 23.5 Å². The van der Waals surface area contributed by atoms with Crippen molar-refractivity contribution in [2.45, 2.75) is 44.8 Å². The number of carbonyl (C=O) groups is 1. The van der Waals surface area contributed by atoms with Crippen LogP contribution in [0.2, 0.25) is 0 Å². The Balaban J connectivity index is 2.06. The molecule has 1 saturated heterocycles. The third-order valence-electron chi connectivity index (χ3n) is 4.21. The van der Waals surface area contributed by atoms with Gasteiger partial charge in [0.25, 0.3) is 5.56 Å². The van der Waals surface area contributed by atoms with Crippen LogP contribution in [-0.2, 0) is 19.0 Å². The second-order valence-corrected chi connectivity index (χ2v) is 5.74. The van der Waals surface area contributed by atoms with Gasteiger partial charge in [0.05, 0.1) is 12.4 Å². The quantitative estimate of drug-likeness (QED) is 0.744. The summed E-state index contributed by atoms with van der Waals surface area (Å²) in [5, 5.41) is 2.80. The predicted molar refractivity (Wildman–Crippen MR) is 88.2 cm³/mol. The number of nitrogens with zero attached hydrogens (tertiary/aromatic N) is 3. The van der Waals surface area contributed by atoms with Crippen molar-refractivity contribution in [3.8, 4) is 0 Å². The number of nitrogens with one attached hydrogen (secondary N) is 2. The topological polar surface area (TPSA) is 120 Å². The minimum absolute atomic E-state index is 0.196. The van der Waals surface area contributed by atoms with Crippen molar-refractivity contribution in [3.63, 3.8) is 0 Å². The van der Waals surface area contributed by atoms with E-state index in [-0.39, 0.29) is 17.2 Å². The summed E-state index contributed by atoms with van der Waals surface area (Å²) in [7, 11) is 3.17. The van der Waals surface area contributed by atoms with Crippen LogP contribution in [0.25, 0.3) is 11.2 Å². The molecule has 4 atom stereocenters. The number of esters is 1. The molecule has 1 aliphatic heterocycles. The minimum atomic E-state index is -0.622. The van der Waals surface area contributed by atoms with Crippen molar-refractivity contribution in [1.82, 2.24) is 19.5 Å². The highest BCUT2D eigenvalue weighted by Crippen LogP contribution is 2.36. The summed E-state index contributed by atoms with van der Waals surface area (Å²) < 4.78 is 18.6. The van der Waals surface area contributed by atoms with E-state index >= 15 is 0 Å².